The van der Waals surface area contributed by atoms with Gasteiger partial charge in [0.2, 0.25) is 6.08 Å². The fraction of sp³-hybridized carbons (Fsp3) is 0.0909. The molecule has 0 heterocycles. The lowest BCUT2D eigenvalue weighted by molar-refractivity contribution is -0.134. The molecule has 0 saturated carbocycles. The maximum Gasteiger partial charge on any atom is 0.330 e. The summed E-state index contributed by atoms with van der Waals surface area (Å²) in [6.07, 6.45) is 4.37. The Kier molecular flexibility index (Phi) is 4.01. The Bertz CT molecular complexity index is 414. The van der Waals surface area contributed by atoms with Gasteiger partial charge in [-0.05, 0) is 23.8 Å². The highest BCUT2D eigenvalue weighted by atomic mass is 16.5. The Morgan fingerprint density at radius 3 is 2.60 bits per heavy atom. The van der Waals surface area contributed by atoms with Gasteiger partial charge in [0.25, 0.3) is 0 Å². The van der Waals surface area contributed by atoms with Gasteiger partial charge < -0.3 is 4.74 Å². The molecular weight excluding hydrogens is 194 g/mol. The lowest BCUT2D eigenvalue weighted by Crippen LogP contribution is -1.92. The number of nitrogens with zero attached hydrogens (tertiary/aromatic N) is 1. The highest BCUT2D eigenvalue weighted by Crippen LogP contribution is 2.12. The Morgan fingerprint density at radius 2 is 2.07 bits per heavy atom. The summed E-state index contributed by atoms with van der Waals surface area (Å²) in [7, 11) is 1.31. The average molecular weight is 203 g/mol. The second kappa shape index (κ2) is 5.52. The largest absolute Gasteiger partial charge is 0.466 e. The summed E-state index contributed by atoms with van der Waals surface area (Å²) in [5.41, 5.74) is 1.35. The Balaban J connectivity index is 2.76. The molecule has 4 nitrogen and oxygen atoms in total. The van der Waals surface area contributed by atoms with Crippen molar-refractivity contribution in [1.82, 2.24) is 0 Å². The van der Waals surface area contributed by atoms with E-state index < -0.39 is 5.97 Å². The molecule has 1 rings (SSSR count). The molecule has 0 amide bonds. The first-order chi connectivity index (χ1) is 7.26. The SMILES string of the molecule is COC(=O)C=Cc1ccc(N=C=O)cc1. The van der Waals surface area contributed by atoms with E-state index in [1.54, 1.807) is 30.3 Å². The fourth-order valence-electron chi connectivity index (χ4n) is 0.945. The molecule has 15 heavy (non-hydrogen) atoms. The number of hydrogen-bond donors (Lipinski definition) is 0. The Hall–Kier alpha value is -2.19. The van der Waals surface area contributed by atoms with Gasteiger partial charge in [0.15, 0.2) is 0 Å². The summed E-state index contributed by atoms with van der Waals surface area (Å²) in [4.78, 5) is 24.2. The normalized spacial score (nSPS) is 9.67. The number of benzene rings is 1. The third kappa shape index (κ3) is 3.58. The first-order valence-electron chi connectivity index (χ1n) is 4.20. The molecule has 0 N–H and O–H groups in total. The van der Waals surface area contributed by atoms with Crippen LogP contribution in [-0.2, 0) is 14.3 Å². The van der Waals surface area contributed by atoms with Gasteiger partial charge in [-0.25, -0.2) is 9.59 Å². The van der Waals surface area contributed by atoms with Crippen LogP contribution in [0.3, 0.4) is 0 Å². The average Bonchev–Trinajstić information content (AvgIpc) is 2.28. The zero-order valence-corrected chi connectivity index (χ0v) is 8.14. The summed E-state index contributed by atoms with van der Waals surface area (Å²) < 4.78 is 4.44. The van der Waals surface area contributed by atoms with Crippen molar-refractivity contribution in [3.05, 3.63) is 35.9 Å². The summed E-state index contributed by atoms with van der Waals surface area (Å²) in [5, 5.41) is 0. The second-order valence-electron chi connectivity index (χ2n) is 2.65. The fourth-order valence-corrected chi connectivity index (χ4v) is 0.945. The van der Waals surface area contributed by atoms with Crippen molar-refractivity contribution < 1.29 is 14.3 Å². The molecule has 4 heteroatoms. The monoisotopic (exact) mass is 203 g/mol. The third-order valence-corrected chi connectivity index (χ3v) is 1.68. The van der Waals surface area contributed by atoms with Gasteiger partial charge in [0, 0.05) is 6.08 Å². The molecule has 0 saturated heterocycles. The number of carbonyl (C=O) groups excluding carboxylic acids is 2. The van der Waals surface area contributed by atoms with Crippen LogP contribution in [0.5, 0.6) is 0 Å². The van der Waals surface area contributed by atoms with Crippen LogP contribution in [0.25, 0.3) is 6.08 Å². The maximum absolute atomic E-state index is 10.8. The van der Waals surface area contributed by atoms with E-state index in [1.165, 1.54) is 19.3 Å². The molecule has 0 aliphatic rings. The van der Waals surface area contributed by atoms with Gasteiger partial charge in [-0.2, -0.15) is 4.99 Å². The van der Waals surface area contributed by atoms with Gasteiger partial charge in [0.05, 0.1) is 12.8 Å². The second-order valence-corrected chi connectivity index (χ2v) is 2.65. The van der Waals surface area contributed by atoms with E-state index in [1.807, 2.05) is 0 Å². The Morgan fingerprint density at radius 1 is 1.40 bits per heavy atom. The summed E-state index contributed by atoms with van der Waals surface area (Å²) in [6, 6.07) is 6.77. The predicted molar refractivity (Wildman–Crippen MR) is 55.3 cm³/mol. The lowest BCUT2D eigenvalue weighted by atomic mass is 10.2. The van der Waals surface area contributed by atoms with E-state index >= 15 is 0 Å². The summed E-state index contributed by atoms with van der Waals surface area (Å²) in [5.74, 6) is -0.412. The highest BCUT2D eigenvalue weighted by molar-refractivity contribution is 5.86. The van der Waals surface area contributed by atoms with Crippen molar-refractivity contribution in [1.29, 1.82) is 0 Å². The minimum Gasteiger partial charge on any atom is -0.466 e. The third-order valence-electron chi connectivity index (χ3n) is 1.68. The van der Waals surface area contributed by atoms with Crippen LogP contribution in [0, 0.1) is 0 Å². The number of carbonyl (C=O) groups is 1. The zero-order valence-electron chi connectivity index (χ0n) is 8.14. The van der Waals surface area contributed by atoms with Gasteiger partial charge in [-0.3, -0.25) is 0 Å². The van der Waals surface area contributed by atoms with Crippen molar-refractivity contribution in [3.63, 3.8) is 0 Å². The van der Waals surface area contributed by atoms with Crippen molar-refractivity contribution in [3.8, 4) is 0 Å². The molecule has 0 aliphatic heterocycles. The van der Waals surface area contributed by atoms with Crippen molar-refractivity contribution in [2.45, 2.75) is 0 Å². The smallest absolute Gasteiger partial charge is 0.330 e. The van der Waals surface area contributed by atoms with Crippen molar-refractivity contribution in [2.24, 2.45) is 4.99 Å². The van der Waals surface area contributed by atoms with Crippen LogP contribution in [0.2, 0.25) is 0 Å². The summed E-state index contributed by atoms with van der Waals surface area (Å²) in [6.45, 7) is 0. The molecule has 0 aliphatic carbocycles. The number of rotatable bonds is 3. The van der Waals surface area contributed by atoms with Crippen LogP contribution >= 0.6 is 0 Å². The van der Waals surface area contributed by atoms with Crippen LogP contribution in [-0.4, -0.2) is 19.2 Å². The minimum atomic E-state index is -0.412. The summed E-state index contributed by atoms with van der Waals surface area (Å²) >= 11 is 0. The molecule has 76 valence electrons. The molecule has 0 aromatic heterocycles. The molecule has 0 atom stereocenters. The number of esters is 1. The van der Waals surface area contributed by atoms with E-state index in [0.717, 1.165) is 5.56 Å². The van der Waals surface area contributed by atoms with E-state index in [0.29, 0.717) is 5.69 Å². The zero-order chi connectivity index (χ0) is 11.1. The molecule has 0 bridgehead atoms. The predicted octanol–water partition coefficient (Wildman–Crippen LogP) is 1.84. The lowest BCUT2D eigenvalue weighted by Gasteiger charge is -1.93. The first-order valence-corrected chi connectivity index (χ1v) is 4.20. The van der Waals surface area contributed by atoms with Gasteiger partial charge in [-0.1, -0.05) is 12.1 Å². The number of isocyanates is 1. The van der Waals surface area contributed by atoms with Crippen LogP contribution < -0.4 is 0 Å². The van der Waals surface area contributed by atoms with E-state index in [-0.39, 0.29) is 0 Å². The van der Waals surface area contributed by atoms with Crippen molar-refractivity contribution in [2.75, 3.05) is 7.11 Å². The number of aliphatic imine (C=N–C) groups is 1. The molecule has 0 unspecified atom stereocenters. The van der Waals surface area contributed by atoms with E-state index in [4.69, 9.17) is 0 Å². The number of methoxy groups -OCH3 is 1. The van der Waals surface area contributed by atoms with Crippen LogP contribution in [0.1, 0.15) is 5.56 Å². The van der Waals surface area contributed by atoms with Gasteiger partial charge >= 0.3 is 5.97 Å². The molecule has 0 radical (unpaired) electrons. The van der Waals surface area contributed by atoms with Crippen LogP contribution in [0.4, 0.5) is 5.69 Å². The number of ether oxygens (including phenoxy) is 1. The molecule has 0 spiro atoms. The van der Waals surface area contributed by atoms with Gasteiger partial charge in [-0.15, -0.1) is 0 Å². The topological polar surface area (TPSA) is 55.7 Å². The van der Waals surface area contributed by atoms with E-state index in [2.05, 4.69) is 9.73 Å². The van der Waals surface area contributed by atoms with E-state index in [9.17, 15) is 9.59 Å². The van der Waals surface area contributed by atoms with Crippen molar-refractivity contribution >= 4 is 23.8 Å². The quantitative estimate of drug-likeness (QED) is 0.326. The van der Waals surface area contributed by atoms with Gasteiger partial charge in [0.1, 0.15) is 0 Å². The highest BCUT2D eigenvalue weighted by Gasteiger charge is 1.92. The number of hydrogen-bond acceptors (Lipinski definition) is 4. The molecule has 1 aromatic carbocycles. The molecular formula is C11H9NO3. The first kappa shape index (κ1) is 10.9. The minimum absolute atomic E-state index is 0.412. The molecule has 1 aromatic rings. The maximum atomic E-state index is 10.8. The van der Waals surface area contributed by atoms with Crippen LogP contribution in [0.15, 0.2) is 35.3 Å². The standard InChI is InChI=1S/C11H9NO3/c1-15-11(14)7-4-9-2-5-10(6-3-9)12-8-13/h2-7H,1H3. The molecule has 0 fully saturated rings. The Labute approximate surface area is 86.9 Å².